The molecule has 1 aromatic carbocycles. The fourth-order valence-corrected chi connectivity index (χ4v) is 6.03. The number of nitrogens with one attached hydrogen (secondary N) is 3. The number of carbonyl (C=O) groups excluding carboxylic acids is 7. The highest BCUT2D eigenvalue weighted by molar-refractivity contribution is 6.12. The van der Waals surface area contributed by atoms with E-state index in [0.29, 0.717) is 85.0 Å². The molecule has 408 valence electrons. The number of hydrogen-bond donors (Lipinski definition) is 3. The van der Waals surface area contributed by atoms with E-state index < -0.39 is 47.5 Å². The van der Waals surface area contributed by atoms with Crippen molar-refractivity contribution in [3.05, 3.63) is 42.0 Å². The molecule has 0 fully saturated rings. The van der Waals surface area contributed by atoms with E-state index in [1.54, 1.807) is 59.1 Å². The van der Waals surface area contributed by atoms with Gasteiger partial charge in [-0.1, -0.05) is 39.8 Å². The Labute approximate surface area is 423 Å². The molecule has 0 saturated heterocycles. The summed E-state index contributed by atoms with van der Waals surface area (Å²) in [5.74, 6) is -3.85. The number of methoxy groups -OCH3 is 1. The van der Waals surface area contributed by atoms with E-state index in [1.165, 1.54) is 24.0 Å². The number of hydrogen-bond acceptors (Lipinski definition) is 18. The van der Waals surface area contributed by atoms with Gasteiger partial charge in [0.2, 0.25) is 23.6 Å². The Hall–Kier alpha value is -4.95. The first kappa shape index (κ1) is 63.2. The Morgan fingerprint density at radius 3 is 1.50 bits per heavy atom. The summed E-state index contributed by atoms with van der Waals surface area (Å²) in [5, 5.41) is 8.11. The van der Waals surface area contributed by atoms with Crippen LogP contribution in [-0.2, 0) is 92.3 Å². The Morgan fingerprint density at radius 1 is 0.569 bits per heavy atom. The first-order valence-electron chi connectivity index (χ1n) is 24.4. The quantitative estimate of drug-likeness (QED) is 0.0466. The molecule has 2 atom stereocenters. The van der Waals surface area contributed by atoms with Crippen molar-refractivity contribution in [3.63, 3.8) is 0 Å². The molecule has 1 aliphatic rings. The third kappa shape index (κ3) is 29.5. The van der Waals surface area contributed by atoms with Crippen LogP contribution in [0.5, 0.6) is 0 Å². The van der Waals surface area contributed by atoms with Crippen LogP contribution in [0, 0.1) is 11.8 Å². The first-order chi connectivity index (χ1) is 34.7. The van der Waals surface area contributed by atoms with Gasteiger partial charge in [0.25, 0.3) is 11.8 Å². The highest BCUT2D eigenvalue weighted by Gasteiger charge is 2.29. The summed E-state index contributed by atoms with van der Waals surface area (Å²) in [6.07, 6.45) is 2.32. The lowest BCUT2D eigenvalue weighted by Gasteiger charge is -2.26. The molecular weight excluding hydrogens is 947 g/mol. The lowest BCUT2D eigenvalue weighted by Crippen LogP contribution is -2.55. The third-order valence-electron chi connectivity index (χ3n) is 10.1. The van der Waals surface area contributed by atoms with Gasteiger partial charge >= 0.3 is 5.97 Å². The number of rotatable bonds is 44. The molecule has 0 radical (unpaired) electrons. The van der Waals surface area contributed by atoms with Crippen LogP contribution in [-0.4, -0.2) is 216 Å². The summed E-state index contributed by atoms with van der Waals surface area (Å²) >= 11 is 0. The molecule has 72 heavy (non-hydrogen) atoms. The van der Waals surface area contributed by atoms with Crippen LogP contribution in [0.2, 0.25) is 0 Å². The summed E-state index contributed by atoms with van der Waals surface area (Å²) in [4.78, 5) is 90.8. The van der Waals surface area contributed by atoms with Crippen molar-refractivity contribution >= 4 is 47.1 Å². The monoisotopic (exact) mass is 1030 g/mol. The second kappa shape index (κ2) is 39.6. The molecule has 1 aliphatic heterocycles. The van der Waals surface area contributed by atoms with Crippen LogP contribution >= 0.6 is 0 Å². The van der Waals surface area contributed by atoms with Crippen LogP contribution in [0.25, 0.3) is 0 Å². The van der Waals surface area contributed by atoms with Crippen LogP contribution in [0.3, 0.4) is 0 Å². The number of esters is 1. The van der Waals surface area contributed by atoms with Crippen molar-refractivity contribution in [2.75, 3.05) is 158 Å². The predicted molar refractivity (Wildman–Crippen MR) is 260 cm³/mol. The summed E-state index contributed by atoms with van der Waals surface area (Å²) < 4.78 is 59.7. The Kier molecular flexibility index (Phi) is 34.7. The SMILES string of the molecule is COCCOCCOCCOCCOCCOCCOCCOCCN(CC(=O)N[C@H](C(=O)N[C@@H](C)C(=O)Nc1ccc(COC(=O)C(C)C)cc1)C(C)C)C(=O)CCOCCOCCN1C(=O)C=CC1=O. The van der Waals surface area contributed by atoms with Gasteiger partial charge in [-0.25, -0.2) is 0 Å². The molecule has 1 heterocycles. The molecule has 0 aromatic heterocycles. The van der Waals surface area contributed by atoms with E-state index >= 15 is 0 Å². The van der Waals surface area contributed by atoms with Crippen LogP contribution < -0.4 is 16.0 Å². The number of anilines is 1. The molecule has 0 bridgehead atoms. The maximum absolute atomic E-state index is 13.4. The standard InChI is InChI=1S/C49H79N5O18/c1-37(2)46(48(60)50-39(5)47(59)51-41-9-7-40(8-10-41)36-72-49(61)38(3)4)52-42(55)35-53(43(56)13-16-63-21-22-65-18-15-54-44(57)11-12-45(54)58)14-17-64-23-24-67-27-28-69-31-32-71-34-33-70-30-29-68-26-25-66-20-19-62-6/h7-12,37-39,46H,13-36H2,1-6H3,(H,50,60)(H,51,59)(H,52,55)/t39-,46-/m0/s1. The zero-order chi connectivity index (χ0) is 52.8. The van der Waals surface area contributed by atoms with Crippen LogP contribution in [0.15, 0.2) is 36.4 Å². The van der Waals surface area contributed by atoms with Gasteiger partial charge in [-0.3, -0.25) is 38.5 Å². The van der Waals surface area contributed by atoms with Gasteiger partial charge < -0.3 is 73.0 Å². The minimum absolute atomic E-state index is 0.0168. The maximum Gasteiger partial charge on any atom is 0.308 e. The normalized spacial score (nSPS) is 13.2. The lowest BCUT2D eigenvalue weighted by atomic mass is 10.0. The zero-order valence-corrected chi connectivity index (χ0v) is 43.0. The summed E-state index contributed by atoms with van der Waals surface area (Å²) in [6, 6.07) is 4.71. The van der Waals surface area contributed by atoms with Crippen molar-refractivity contribution in [3.8, 4) is 0 Å². The van der Waals surface area contributed by atoms with E-state index in [-0.39, 0.29) is 96.7 Å². The topological polar surface area (TPSA) is 264 Å². The fraction of sp³-hybridized carbons (Fsp3) is 0.694. The fourth-order valence-electron chi connectivity index (χ4n) is 6.03. The second-order valence-corrected chi connectivity index (χ2v) is 16.7. The van der Waals surface area contributed by atoms with E-state index in [1.807, 2.05) is 0 Å². The molecule has 2 rings (SSSR count). The molecular formula is C49H79N5O18. The maximum atomic E-state index is 13.4. The average Bonchev–Trinajstić information content (AvgIpc) is 3.68. The molecule has 23 nitrogen and oxygen atoms in total. The van der Waals surface area contributed by atoms with Crippen molar-refractivity contribution in [1.82, 2.24) is 20.4 Å². The predicted octanol–water partition coefficient (Wildman–Crippen LogP) is 0.909. The molecule has 6 amide bonds. The van der Waals surface area contributed by atoms with Gasteiger partial charge in [0, 0.05) is 31.5 Å². The number of benzene rings is 1. The molecule has 0 spiro atoms. The van der Waals surface area contributed by atoms with E-state index in [2.05, 4.69) is 16.0 Å². The Bertz CT molecular complexity index is 1730. The van der Waals surface area contributed by atoms with Crippen LogP contribution in [0.4, 0.5) is 5.69 Å². The number of amides is 6. The Morgan fingerprint density at radius 2 is 1.03 bits per heavy atom. The van der Waals surface area contributed by atoms with Gasteiger partial charge in [-0.15, -0.1) is 0 Å². The minimum atomic E-state index is -1.04. The van der Waals surface area contributed by atoms with Crippen LogP contribution in [0.1, 0.15) is 46.6 Å². The van der Waals surface area contributed by atoms with Gasteiger partial charge in [0.05, 0.1) is 151 Å². The van der Waals surface area contributed by atoms with Gasteiger partial charge in [-0.05, 0) is 30.5 Å². The van der Waals surface area contributed by atoms with Crippen molar-refractivity contribution in [2.45, 2.75) is 59.7 Å². The average molecular weight is 1030 g/mol. The number of imide groups is 1. The summed E-state index contributed by atoms with van der Waals surface area (Å²) in [7, 11) is 1.62. The first-order valence-corrected chi connectivity index (χ1v) is 24.4. The van der Waals surface area contributed by atoms with Crippen molar-refractivity contribution < 1.29 is 85.7 Å². The molecule has 0 unspecified atom stereocenters. The zero-order valence-electron chi connectivity index (χ0n) is 43.0. The lowest BCUT2D eigenvalue weighted by molar-refractivity contribution is -0.148. The molecule has 1 aromatic rings. The van der Waals surface area contributed by atoms with E-state index in [4.69, 9.17) is 52.1 Å². The summed E-state index contributed by atoms with van der Waals surface area (Å²) in [6.45, 7) is 14.7. The Balaban J connectivity index is 1.75. The minimum Gasteiger partial charge on any atom is -0.461 e. The second-order valence-electron chi connectivity index (χ2n) is 16.7. The highest BCUT2D eigenvalue weighted by atomic mass is 16.6. The van der Waals surface area contributed by atoms with Gasteiger partial charge in [0.1, 0.15) is 18.7 Å². The molecule has 0 aliphatic carbocycles. The number of carbonyl (C=O) groups is 7. The molecule has 0 saturated carbocycles. The number of ether oxygens (including phenoxy) is 11. The van der Waals surface area contributed by atoms with E-state index in [9.17, 15) is 33.6 Å². The molecule has 3 N–H and O–H groups in total. The van der Waals surface area contributed by atoms with Crippen molar-refractivity contribution in [1.29, 1.82) is 0 Å². The number of nitrogens with zero attached hydrogens (tertiary/aromatic N) is 2. The van der Waals surface area contributed by atoms with Crippen molar-refractivity contribution in [2.24, 2.45) is 11.8 Å². The highest BCUT2D eigenvalue weighted by Crippen LogP contribution is 2.13. The molecule has 23 heteroatoms. The summed E-state index contributed by atoms with van der Waals surface area (Å²) in [5.41, 5.74) is 1.20. The van der Waals surface area contributed by atoms with E-state index in [0.717, 1.165) is 10.5 Å². The third-order valence-corrected chi connectivity index (χ3v) is 10.1. The van der Waals surface area contributed by atoms with Gasteiger partial charge in [-0.2, -0.15) is 0 Å². The largest absolute Gasteiger partial charge is 0.461 e. The smallest absolute Gasteiger partial charge is 0.308 e. The van der Waals surface area contributed by atoms with Gasteiger partial charge in [0.15, 0.2) is 0 Å².